The molecule has 0 radical (unpaired) electrons. The van der Waals surface area contributed by atoms with Gasteiger partial charge in [0, 0.05) is 6.54 Å². The normalized spacial score (nSPS) is 10.4. The van der Waals surface area contributed by atoms with Crippen LogP contribution in [0.5, 0.6) is 0 Å². The van der Waals surface area contributed by atoms with Crippen molar-refractivity contribution in [3.05, 3.63) is 17.5 Å². The Morgan fingerprint density at radius 3 is 2.92 bits per heavy atom. The Balaban J connectivity index is 2.84. The van der Waals surface area contributed by atoms with Crippen molar-refractivity contribution < 1.29 is 4.79 Å². The second-order valence-corrected chi connectivity index (χ2v) is 3.36. The van der Waals surface area contributed by atoms with Crippen LogP contribution in [0.3, 0.4) is 0 Å². The summed E-state index contributed by atoms with van der Waals surface area (Å²) in [6.07, 6.45) is 2.09. The first-order valence-electron chi connectivity index (χ1n) is 4.39. The smallest absolute Gasteiger partial charge is 0.270 e. The zero-order chi connectivity index (χ0) is 9.84. The van der Waals surface area contributed by atoms with Gasteiger partial charge in [0.2, 0.25) is 0 Å². The summed E-state index contributed by atoms with van der Waals surface area (Å²) < 4.78 is 1.67. The van der Waals surface area contributed by atoms with Crippen molar-refractivity contribution in [1.29, 1.82) is 0 Å². The van der Waals surface area contributed by atoms with Gasteiger partial charge in [-0.2, -0.15) is 5.10 Å². The van der Waals surface area contributed by atoms with E-state index < -0.39 is 5.24 Å². The lowest BCUT2D eigenvalue weighted by atomic mass is 10.3. The van der Waals surface area contributed by atoms with E-state index >= 15 is 0 Å². The van der Waals surface area contributed by atoms with Crippen LogP contribution >= 0.6 is 11.6 Å². The molecule has 0 saturated carbocycles. The average Bonchev–Trinajstić information content (AvgIpc) is 2.43. The molecule has 0 unspecified atom stereocenters. The molecule has 0 aliphatic carbocycles. The minimum atomic E-state index is -0.434. The molecule has 0 saturated heterocycles. The summed E-state index contributed by atoms with van der Waals surface area (Å²) >= 11 is 5.40. The lowest BCUT2D eigenvalue weighted by Gasteiger charge is -2.01. The van der Waals surface area contributed by atoms with Crippen LogP contribution in [0.4, 0.5) is 0 Å². The standard InChI is InChI=1S/C9H13ClN2O/c1-3-4-5-12-8(9(10)13)6-7(2)11-12/h6H,3-5H2,1-2H3. The van der Waals surface area contributed by atoms with Crippen molar-refractivity contribution in [3.8, 4) is 0 Å². The van der Waals surface area contributed by atoms with Gasteiger partial charge in [0.15, 0.2) is 0 Å². The van der Waals surface area contributed by atoms with E-state index in [1.165, 1.54) is 0 Å². The minimum Gasteiger partial charge on any atom is -0.274 e. The van der Waals surface area contributed by atoms with Crippen LogP contribution in [0.15, 0.2) is 6.07 Å². The van der Waals surface area contributed by atoms with Crippen molar-refractivity contribution in [2.75, 3.05) is 0 Å². The maximum atomic E-state index is 10.9. The molecule has 0 bridgehead atoms. The van der Waals surface area contributed by atoms with Crippen molar-refractivity contribution >= 4 is 16.8 Å². The molecule has 13 heavy (non-hydrogen) atoms. The Hall–Kier alpha value is -0.830. The minimum absolute atomic E-state index is 0.434. The summed E-state index contributed by atoms with van der Waals surface area (Å²) in [6.45, 7) is 4.71. The number of aromatic nitrogens is 2. The molecule has 4 heteroatoms. The molecular formula is C9H13ClN2O. The summed E-state index contributed by atoms with van der Waals surface area (Å²) in [7, 11) is 0. The number of hydrogen-bond donors (Lipinski definition) is 0. The number of hydrogen-bond acceptors (Lipinski definition) is 2. The largest absolute Gasteiger partial charge is 0.274 e. The Morgan fingerprint density at radius 2 is 2.38 bits per heavy atom. The Bertz CT molecular complexity index is 307. The van der Waals surface area contributed by atoms with Crippen LogP contribution in [0.1, 0.15) is 35.9 Å². The molecular weight excluding hydrogens is 188 g/mol. The molecule has 0 spiro atoms. The first kappa shape index (κ1) is 10.3. The van der Waals surface area contributed by atoms with Crippen LogP contribution in [0, 0.1) is 6.92 Å². The zero-order valence-corrected chi connectivity index (χ0v) is 8.64. The topological polar surface area (TPSA) is 34.9 Å². The summed E-state index contributed by atoms with van der Waals surface area (Å²) in [5.74, 6) is 0. The van der Waals surface area contributed by atoms with E-state index in [1.54, 1.807) is 10.7 Å². The SMILES string of the molecule is CCCCn1nc(C)cc1C(=O)Cl. The highest BCUT2D eigenvalue weighted by molar-refractivity contribution is 6.67. The fourth-order valence-electron chi connectivity index (χ4n) is 1.18. The van der Waals surface area contributed by atoms with Gasteiger partial charge in [-0.3, -0.25) is 9.48 Å². The molecule has 3 nitrogen and oxygen atoms in total. The second-order valence-electron chi connectivity index (χ2n) is 3.02. The molecule has 1 aromatic rings. The third-order valence-electron chi connectivity index (χ3n) is 1.83. The molecule has 1 rings (SSSR count). The van der Waals surface area contributed by atoms with Gasteiger partial charge in [-0.15, -0.1) is 0 Å². The van der Waals surface area contributed by atoms with Crippen molar-refractivity contribution in [3.63, 3.8) is 0 Å². The van der Waals surface area contributed by atoms with E-state index in [0.29, 0.717) is 5.69 Å². The molecule has 1 heterocycles. The highest BCUT2D eigenvalue weighted by atomic mass is 35.5. The molecule has 0 N–H and O–H groups in total. The Labute approximate surface area is 82.7 Å². The van der Waals surface area contributed by atoms with Crippen LogP contribution in [-0.2, 0) is 6.54 Å². The monoisotopic (exact) mass is 200 g/mol. The molecule has 0 aliphatic rings. The maximum absolute atomic E-state index is 10.9. The second kappa shape index (κ2) is 4.42. The quantitative estimate of drug-likeness (QED) is 0.700. The van der Waals surface area contributed by atoms with Gasteiger partial charge >= 0.3 is 0 Å². The van der Waals surface area contributed by atoms with E-state index in [9.17, 15) is 4.79 Å². The number of nitrogens with zero attached hydrogens (tertiary/aromatic N) is 2. The van der Waals surface area contributed by atoms with Crippen molar-refractivity contribution in [2.24, 2.45) is 0 Å². The van der Waals surface area contributed by atoms with E-state index in [1.807, 2.05) is 6.92 Å². The van der Waals surface area contributed by atoms with Gasteiger partial charge < -0.3 is 0 Å². The number of rotatable bonds is 4. The highest BCUT2D eigenvalue weighted by Crippen LogP contribution is 2.08. The van der Waals surface area contributed by atoms with Gasteiger partial charge in [0.1, 0.15) is 5.69 Å². The van der Waals surface area contributed by atoms with E-state index in [0.717, 1.165) is 25.1 Å². The van der Waals surface area contributed by atoms with Gasteiger partial charge in [0.05, 0.1) is 5.69 Å². The van der Waals surface area contributed by atoms with Gasteiger partial charge in [-0.25, -0.2) is 0 Å². The van der Waals surface area contributed by atoms with Crippen LogP contribution in [-0.4, -0.2) is 15.0 Å². The van der Waals surface area contributed by atoms with Crippen LogP contribution in [0.25, 0.3) is 0 Å². The molecule has 0 fully saturated rings. The third-order valence-corrected chi connectivity index (χ3v) is 2.02. The number of aryl methyl sites for hydroxylation is 2. The van der Waals surface area contributed by atoms with Gasteiger partial charge in [0.25, 0.3) is 5.24 Å². The molecule has 1 aromatic heterocycles. The molecule has 0 aromatic carbocycles. The van der Waals surface area contributed by atoms with E-state index in [-0.39, 0.29) is 0 Å². The first-order valence-corrected chi connectivity index (χ1v) is 4.77. The summed E-state index contributed by atoms with van der Waals surface area (Å²) in [4.78, 5) is 10.9. The summed E-state index contributed by atoms with van der Waals surface area (Å²) in [6, 6.07) is 1.71. The molecule has 72 valence electrons. The number of halogens is 1. The highest BCUT2D eigenvalue weighted by Gasteiger charge is 2.10. The molecule has 0 amide bonds. The number of carbonyl (C=O) groups is 1. The lowest BCUT2D eigenvalue weighted by Crippen LogP contribution is -2.07. The lowest BCUT2D eigenvalue weighted by molar-refractivity contribution is 0.107. The fourth-order valence-corrected chi connectivity index (χ4v) is 1.33. The average molecular weight is 201 g/mol. The predicted octanol–water partition coefficient (Wildman–Crippen LogP) is 2.37. The molecule has 0 atom stereocenters. The predicted molar refractivity (Wildman–Crippen MR) is 52.1 cm³/mol. The van der Waals surface area contributed by atoms with Gasteiger partial charge in [-0.05, 0) is 31.0 Å². The summed E-state index contributed by atoms with van der Waals surface area (Å²) in [5, 5.41) is 3.75. The van der Waals surface area contributed by atoms with Crippen molar-refractivity contribution in [1.82, 2.24) is 9.78 Å². The summed E-state index contributed by atoms with van der Waals surface area (Å²) in [5.41, 5.74) is 1.33. The van der Waals surface area contributed by atoms with Crippen LogP contribution < -0.4 is 0 Å². The molecule has 0 aliphatic heterocycles. The van der Waals surface area contributed by atoms with E-state index in [2.05, 4.69) is 12.0 Å². The fraction of sp³-hybridized carbons (Fsp3) is 0.556. The maximum Gasteiger partial charge on any atom is 0.270 e. The van der Waals surface area contributed by atoms with Crippen molar-refractivity contribution in [2.45, 2.75) is 33.2 Å². The third kappa shape index (κ3) is 2.56. The van der Waals surface area contributed by atoms with Gasteiger partial charge in [-0.1, -0.05) is 13.3 Å². The zero-order valence-electron chi connectivity index (χ0n) is 7.88. The van der Waals surface area contributed by atoms with Crippen LogP contribution in [0.2, 0.25) is 0 Å². The number of unbranched alkanes of at least 4 members (excludes halogenated alkanes) is 1. The van der Waals surface area contributed by atoms with E-state index in [4.69, 9.17) is 11.6 Å². The Kier molecular flexibility index (Phi) is 3.48. The number of carbonyl (C=O) groups excluding carboxylic acids is 1. The Morgan fingerprint density at radius 1 is 1.69 bits per heavy atom. The first-order chi connectivity index (χ1) is 6.15.